The lowest BCUT2D eigenvalue weighted by Gasteiger charge is -2.28. The SMILES string of the molecule is COCC(N)CN(C)C(=O)C1CCCCC1. The molecule has 4 heteroatoms. The van der Waals surface area contributed by atoms with Crippen molar-refractivity contribution in [3.05, 3.63) is 0 Å². The van der Waals surface area contributed by atoms with Gasteiger partial charge in [0, 0.05) is 32.7 Å². The fourth-order valence-corrected chi connectivity index (χ4v) is 2.37. The first-order valence-electron chi connectivity index (χ1n) is 6.14. The van der Waals surface area contributed by atoms with E-state index in [-0.39, 0.29) is 17.9 Å². The van der Waals surface area contributed by atoms with Crippen LogP contribution in [0.1, 0.15) is 32.1 Å². The number of carbonyl (C=O) groups excluding carboxylic acids is 1. The Morgan fingerprint density at radius 2 is 2.06 bits per heavy atom. The Morgan fingerprint density at radius 3 is 2.62 bits per heavy atom. The van der Waals surface area contributed by atoms with E-state index >= 15 is 0 Å². The Labute approximate surface area is 98.1 Å². The van der Waals surface area contributed by atoms with Crippen LogP contribution in [-0.2, 0) is 9.53 Å². The van der Waals surface area contributed by atoms with Crippen molar-refractivity contribution in [2.45, 2.75) is 38.1 Å². The Bertz CT molecular complexity index is 215. The van der Waals surface area contributed by atoms with Gasteiger partial charge in [-0.05, 0) is 12.8 Å². The molecule has 1 atom stereocenters. The molecule has 4 nitrogen and oxygen atoms in total. The molecule has 16 heavy (non-hydrogen) atoms. The monoisotopic (exact) mass is 228 g/mol. The van der Waals surface area contributed by atoms with E-state index in [9.17, 15) is 4.79 Å². The molecule has 0 aliphatic heterocycles. The minimum Gasteiger partial charge on any atom is -0.383 e. The normalized spacial score (nSPS) is 19.4. The van der Waals surface area contributed by atoms with Gasteiger partial charge in [0.15, 0.2) is 0 Å². The number of hydrogen-bond acceptors (Lipinski definition) is 3. The molecule has 0 bridgehead atoms. The van der Waals surface area contributed by atoms with Gasteiger partial charge in [0.25, 0.3) is 0 Å². The summed E-state index contributed by atoms with van der Waals surface area (Å²) in [7, 11) is 3.47. The van der Waals surface area contributed by atoms with Crippen molar-refractivity contribution in [3.8, 4) is 0 Å². The maximum atomic E-state index is 12.1. The fraction of sp³-hybridized carbons (Fsp3) is 0.917. The number of rotatable bonds is 5. The molecule has 1 rings (SSSR count). The van der Waals surface area contributed by atoms with E-state index < -0.39 is 0 Å². The van der Waals surface area contributed by atoms with Gasteiger partial charge in [0.2, 0.25) is 5.91 Å². The predicted molar refractivity (Wildman–Crippen MR) is 64.1 cm³/mol. The van der Waals surface area contributed by atoms with E-state index in [4.69, 9.17) is 10.5 Å². The van der Waals surface area contributed by atoms with Crippen LogP contribution in [0.3, 0.4) is 0 Å². The summed E-state index contributed by atoms with van der Waals surface area (Å²) in [6.07, 6.45) is 5.74. The van der Waals surface area contributed by atoms with Crippen molar-refractivity contribution in [1.29, 1.82) is 0 Å². The van der Waals surface area contributed by atoms with Crippen LogP contribution in [0.25, 0.3) is 0 Å². The van der Waals surface area contributed by atoms with Crippen LogP contribution in [-0.4, -0.2) is 44.2 Å². The molecule has 0 radical (unpaired) electrons. The van der Waals surface area contributed by atoms with E-state index in [1.165, 1.54) is 19.3 Å². The molecule has 0 saturated heterocycles. The summed E-state index contributed by atoms with van der Waals surface area (Å²) in [4.78, 5) is 13.8. The van der Waals surface area contributed by atoms with Crippen molar-refractivity contribution in [2.75, 3.05) is 27.3 Å². The number of nitrogens with two attached hydrogens (primary N) is 1. The molecule has 1 unspecified atom stereocenters. The standard InChI is InChI=1S/C12H24N2O2/c1-14(8-11(13)9-16-2)12(15)10-6-4-3-5-7-10/h10-11H,3-9,13H2,1-2H3. The van der Waals surface area contributed by atoms with Crippen LogP contribution in [0, 0.1) is 5.92 Å². The van der Waals surface area contributed by atoms with Crippen molar-refractivity contribution in [3.63, 3.8) is 0 Å². The van der Waals surface area contributed by atoms with Crippen LogP contribution in [0.2, 0.25) is 0 Å². The first kappa shape index (κ1) is 13.5. The maximum absolute atomic E-state index is 12.1. The topological polar surface area (TPSA) is 55.6 Å². The summed E-state index contributed by atoms with van der Waals surface area (Å²) in [5, 5.41) is 0. The third-order valence-electron chi connectivity index (χ3n) is 3.22. The smallest absolute Gasteiger partial charge is 0.225 e. The summed E-state index contributed by atoms with van der Waals surface area (Å²) < 4.78 is 4.97. The van der Waals surface area contributed by atoms with E-state index in [1.807, 2.05) is 7.05 Å². The quantitative estimate of drug-likeness (QED) is 0.763. The molecule has 1 fully saturated rings. The number of carbonyl (C=O) groups is 1. The van der Waals surface area contributed by atoms with E-state index in [0.717, 1.165) is 12.8 Å². The molecule has 1 saturated carbocycles. The Balaban J connectivity index is 2.34. The van der Waals surface area contributed by atoms with Crippen molar-refractivity contribution >= 4 is 5.91 Å². The lowest BCUT2D eigenvalue weighted by Crippen LogP contribution is -2.43. The molecule has 0 heterocycles. The molecule has 1 amide bonds. The minimum absolute atomic E-state index is 0.0810. The molecule has 0 spiro atoms. The van der Waals surface area contributed by atoms with Crippen molar-refractivity contribution in [2.24, 2.45) is 11.7 Å². The number of nitrogens with zero attached hydrogens (tertiary/aromatic N) is 1. The van der Waals surface area contributed by atoms with Gasteiger partial charge >= 0.3 is 0 Å². The van der Waals surface area contributed by atoms with E-state index in [1.54, 1.807) is 12.0 Å². The van der Waals surface area contributed by atoms with Crippen LogP contribution >= 0.6 is 0 Å². The minimum atomic E-state index is -0.0810. The van der Waals surface area contributed by atoms with Gasteiger partial charge in [-0.3, -0.25) is 4.79 Å². The predicted octanol–water partition coefficient (Wildman–Crippen LogP) is 0.999. The molecule has 2 N–H and O–H groups in total. The largest absolute Gasteiger partial charge is 0.383 e. The summed E-state index contributed by atoms with van der Waals surface area (Å²) in [5.74, 6) is 0.486. The third kappa shape index (κ3) is 4.10. The summed E-state index contributed by atoms with van der Waals surface area (Å²) in [6, 6.07) is -0.0810. The average Bonchev–Trinajstić information content (AvgIpc) is 2.29. The van der Waals surface area contributed by atoms with E-state index in [0.29, 0.717) is 13.2 Å². The first-order valence-corrected chi connectivity index (χ1v) is 6.14. The van der Waals surface area contributed by atoms with Gasteiger partial charge < -0.3 is 15.4 Å². The first-order chi connectivity index (χ1) is 7.65. The van der Waals surface area contributed by atoms with Gasteiger partial charge in [-0.2, -0.15) is 0 Å². The summed E-state index contributed by atoms with van der Waals surface area (Å²) >= 11 is 0. The van der Waals surface area contributed by atoms with Gasteiger partial charge in [-0.15, -0.1) is 0 Å². The van der Waals surface area contributed by atoms with Gasteiger partial charge in [0.05, 0.1) is 6.61 Å². The van der Waals surface area contributed by atoms with Crippen molar-refractivity contribution in [1.82, 2.24) is 4.90 Å². The zero-order valence-corrected chi connectivity index (χ0v) is 10.4. The van der Waals surface area contributed by atoms with Crippen LogP contribution < -0.4 is 5.73 Å². The van der Waals surface area contributed by atoms with Gasteiger partial charge in [-0.1, -0.05) is 19.3 Å². The number of likely N-dealkylation sites (N-methyl/N-ethyl adjacent to an activating group) is 1. The Hall–Kier alpha value is -0.610. The highest BCUT2D eigenvalue weighted by Crippen LogP contribution is 2.24. The molecule has 94 valence electrons. The molecular weight excluding hydrogens is 204 g/mol. The summed E-state index contributed by atoms with van der Waals surface area (Å²) in [6.45, 7) is 1.09. The number of ether oxygens (including phenoxy) is 1. The third-order valence-corrected chi connectivity index (χ3v) is 3.22. The number of amides is 1. The van der Waals surface area contributed by atoms with Crippen LogP contribution in [0.5, 0.6) is 0 Å². The molecule has 1 aliphatic carbocycles. The maximum Gasteiger partial charge on any atom is 0.225 e. The fourth-order valence-electron chi connectivity index (χ4n) is 2.37. The van der Waals surface area contributed by atoms with E-state index in [2.05, 4.69) is 0 Å². The van der Waals surface area contributed by atoms with Gasteiger partial charge in [-0.25, -0.2) is 0 Å². The number of hydrogen-bond donors (Lipinski definition) is 1. The highest BCUT2D eigenvalue weighted by molar-refractivity contribution is 5.78. The highest BCUT2D eigenvalue weighted by Gasteiger charge is 2.24. The molecule has 0 aromatic heterocycles. The second-order valence-electron chi connectivity index (χ2n) is 4.77. The average molecular weight is 228 g/mol. The van der Waals surface area contributed by atoms with Gasteiger partial charge in [0.1, 0.15) is 0 Å². The Kier molecular flexibility index (Phi) is 5.77. The molecular formula is C12H24N2O2. The molecule has 1 aliphatic rings. The second-order valence-corrected chi connectivity index (χ2v) is 4.77. The number of methoxy groups -OCH3 is 1. The van der Waals surface area contributed by atoms with Crippen LogP contribution in [0.4, 0.5) is 0 Å². The lowest BCUT2D eigenvalue weighted by molar-refractivity contribution is -0.135. The van der Waals surface area contributed by atoms with Crippen molar-refractivity contribution < 1.29 is 9.53 Å². The highest BCUT2D eigenvalue weighted by atomic mass is 16.5. The zero-order valence-electron chi connectivity index (χ0n) is 10.4. The van der Waals surface area contributed by atoms with Crippen LogP contribution in [0.15, 0.2) is 0 Å². The second kappa shape index (κ2) is 6.86. The zero-order chi connectivity index (χ0) is 12.0. The Morgan fingerprint density at radius 1 is 1.44 bits per heavy atom. The summed E-state index contributed by atoms with van der Waals surface area (Å²) in [5.41, 5.74) is 5.83. The molecule has 0 aromatic carbocycles. The molecule has 0 aromatic rings. The lowest BCUT2D eigenvalue weighted by atomic mass is 9.88.